The molecular weight excluding hydrogens is 432 g/mol. The van der Waals surface area contributed by atoms with Crippen LogP contribution in [0.3, 0.4) is 0 Å². The molecule has 32 heavy (non-hydrogen) atoms. The zero-order chi connectivity index (χ0) is 23.1. The van der Waals surface area contributed by atoms with Crippen molar-refractivity contribution in [1.82, 2.24) is 4.90 Å². The Bertz CT molecular complexity index is 1020. The summed E-state index contributed by atoms with van der Waals surface area (Å²) in [5.74, 6) is -0.134. The van der Waals surface area contributed by atoms with Crippen molar-refractivity contribution in [3.63, 3.8) is 0 Å². The molecule has 0 bridgehead atoms. The van der Waals surface area contributed by atoms with Crippen LogP contribution in [0.2, 0.25) is 5.02 Å². The second-order valence-corrected chi connectivity index (χ2v) is 7.86. The first kappa shape index (κ1) is 23.3. The van der Waals surface area contributed by atoms with Gasteiger partial charge in [0.1, 0.15) is 5.02 Å². The van der Waals surface area contributed by atoms with Crippen molar-refractivity contribution in [2.75, 3.05) is 36.4 Å². The number of hydrogen-bond donors (Lipinski definition) is 1. The molecule has 0 atom stereocenters. The van der Waals surface area contributed by atoms with Crippen LogP contribution >= 0.6 is 11.6 Å². The quantitative estimate of drug-likeness (QED) is 0.379. The van der Waals surface area contributed by atoms with Crippen molar-refractivity contribution >= 4 is 46.6 Å². The van der Waals surface area contributed by atoms with Crippen LogP contribution < -0.4 is 10.2 Å². The molecule has 0 spiro atoms. The van der Waals surface area contributed by atoms with E-state index >= 15 is 0 Å². The lowest BCUT2D eigenvalue weighted by atomic mass is 10.2. The van der Waals surface area contributed by atoms with Gasteiger partial charge in [-0.15, -0.1) is 0 Å². The van der Waals surface area contributed by atoms with Crippen LogP contribution in [-0.4, -0.2) is 47.8 Å². The summed E-state index contributed by atoms with van der Waals surface area (Å²) >= 11 is 5.80. The lowest BCUT2D eigenvalue weighted by Crippen LogP contribution is -2.48. The molecule has 1 aliphatic heterocycles. The first-order valence-electron chi connectivity index (χ1n) is 10.4. The Morgan fingerprint density at radius 2 is 1.81 bits per heavy atom. The minimum absolute atomic E-state index is 0.0469. The van der Waals surface area contributed by atoms with E-state index in [2.05, 4.69) is 10.2 Å². The molecule has 0 saturated carbocycles. The maximum absolute atomic E-state index is 12.2. The van der Waals surface area contributed by atoms with Gasteiger partial charge in [-0.2, -0.15) is 0 Å². The number of carbonyl (C=O) groups excluding carboxylic acids is 2. The molecule has 0 aliphatic carbocycles. The summed E-state index contributed by atoms with van der Waals surface area (Å²) in [6, 6.07) is 11.9. The van der Waals surface area contributed by atoms with E-state index < -0.39 is 4.92 Å². The van der Waals surface area contributed by atoms with E-state index in [1.54, 1.807) is 6.07 Å². The van der Waals surface area contributed by atoms with Crippen molar-refractivity contribution < 1.29 is 14.5 Å². The molecular formula is C23H25ClN4O4. The van der Waals surface area contributed by atoms with E-state index in [-0.39, 0.29) is 22.5 Å². The normalized spacial score (nSPS) is 13.9. The van der Waals surface area contributed by atoms with Gasteiger partial charge in [-0.05, 0) is 48.4 Å². The molecule has 1 fully saturated rings. The van der Waals surface area contributed by atoms with Gasteiger partial charge in [0, 0.05) is 56.1 Å². The third kappa shape index (κ3) is 6.07. The molecule has 0 unspecified atom stereocenters. The Morgan fingerprint density at radius 1 is 1.12 bits per heavy atom. The molecule has 3 rings (SSSR count). The fourth-order valence-electron chi connectivity index (χ4n) is 3.47. The summed E-state index contributed by atoms with van der Waals surface area (Å²) in [5, 5.41) is 13.8. The largest absolute Gasteiger partial charge is 0.368 e. The van der Waals surface area contributed by atoms with Gasteiger partial charge >= 0.3 is 0 Å². The predicted octanol–water partition coefficient (Wildman–Crippen LogP) is 4.35. The summed E-state index contributed by atoms with van der Waals surface area (Å²) < 4.78 is 0. The highest BCUT2D eigenvalue weighted by molar-refractivity contribution is 6.32. The number of nitrogens with zero attached hydrogens (tertiary/aromatic N) is 3. The summed E-state index contributed by atoms with van der Waals surface area (Å²) in [5.41, 5.74) is 1.97. The molecule has 0 radical (unpaired) electrons. The first-order valence-corrected chi connectivity index (χ1v) is 10.8. The molecule has 1 saturated heterocycles. The van der Waals surface area contributed by atoms with Crippen molar-refractivity contribution in [3.8, 4) is 0 Å². The summed E-state index contributed by atoms with van der Waals surface area (Å²) in [4.78, 5) is 38.8. The number of anilines is 2. The number of rotatable bonds is 7. The summed E-state index contributed by atoms with van der Waals surface area (Å²) in [6.45, 7) is 4.98. The number of nitro groups is 1. The first-order chi connectivity index (χ1) is 15.4. The van der Waals surface area contributed by atoms with Crippen LogP contribution in [0.5, 0.6) is 0 Å². The van der Waals surface area contributed by atoms with Crippen LogP contribution in [0.15, 0.2) is 48.5 Å². The molecule has 2 amide bonds. The van der Waals surface area contributed by atoms with Gasteiger partial charge < -0.3 is 15.1 Å². The molecule has 1 N–H and O–H groups in total. The topological polar surface area (TPSA) is 95.8 Å². The highest BCUT2D eigenvalue weighted by Crippen LogP contribution is 2.25. The van der Waals surface area contributed by atoms with E-state index in [9.17, 15) is 19.7 Å². The van der Waals surface area contributed by atoms with Gasteiger partial charge in [0.25, 0.3) is 5.69 Å². The fraction of sp³-hybridized carbons (Fsp3) is 0.304. The van der Waals surface area contributed by atoms with E-state index in [4.69, 9.17) is 11.6 Å². The minimum Gasteiger partial charge on any atom is -0.368 e. The Labute approximate surface area is 191 Å². The molecule has 8 nitrogen and oxygen atoms in total. The van der Waals surface area contributed by atoms with Crippen LogP contribution in [0.4, 0.5) is 17.1 Å². The van der Waals surface area contributed by atoms with Crippen molar-refractivity contribution in [1.29, 1.82) is 0 Å². The van der Waals surface area contributed by atoms with Gasteiger partial charge in [0.05, 0.1) is 4.92 Å². The van der Waals surface area contributed by atoms with Crippen molar-refractivity contribution in [2.24, 2.45) is 0 Å². The Morgan fingerprint density at radius 3 is 2.44 bits per heavy atom. The average molecular weight is 457 g/mol. The van der Waals surface area contributed by atoms with Crippen LogP contribution in [0.1, 0.15) is 25.3 Å². The fourth-order valence-corrected chi connectivity index (χ4v) is 3.66. The second-order valence-electron chi connectivity index (χ2n) is 7.46. The van der Waals surface area contributed by atoms with Crippen molar-refractivity contribution in [3.05, 3.63) is 69.2 Å². The number of hydrogen-bond acceptors (Lipinski definition) is 5. The number of nitro benzene ring substituents is 1. The molecule has 9 heteroatoms. The van der Waals surface area contributed by atoms with Crippen LogP contribution in [0, 0.1) is 10.1 Å². The third-order valence-electron chi connectivity index (χ3n) is 5.19. The second kappa shape index (κ2) is 10.8. The van der Waals surface area contributed by atoms with Gasteiger partial charge in [-0.25, -0.2) is 0 Å². The minimum atomic E-state index is -0.565. The molecule has 168 valence electrons. The predicted molar refractivity (Wildman–Crippen MR) is 126 cm³/mol. The monoisotopic (exact) mass is 456 g/mol. The Balaban J connectivity index is 1.54. The Kier molecular flexibility index (Phi) is 7.83. The third-order valence-corrected chi connectivity index (χ3v) is 5.51. The summed E-state index contributed by atoms with van der Waals surface area (Å²) in [6.07, 6.45) is 4.26. The Hall–Kier alpha value is -3.39. The molecule has 1 heterocycles. The maximum atomic E-state index is 12.2. The number of piperazine rings is 1. The zero-order valence-corrected chi connectivity index (χ0v) is 18.5. The highest BCUT2D eigenvalue weighted by atomic mass is 35.5. The van der Waals surface area contributed by atoms with Crippen LogP contribution in [0.25, 0.3) is 6.08 Å². The number of amides is 2. The standard InChI is InChI=1S/C23H25ClN4O4/c1-2-3-23(30)27-14-12-26(13-15-27)19-8-6-18(7-9-19)25-22(29)11-5-17-4-10-20(24)21(16-17)28(31)32/h4-11,16H,2-3,12-15H2,1H3,(H,25,29). The molecule has 0 aromatic heterocycles. The lowest BCUT2D eigenvalue weighted by Gasteiger charge is -2.36. The van der Waals surface area contributed by atoms with Gasteiger partial charge in [0.2, 0.25) is 11.8 Å². The lowest BCUT2D eigenvalue weighted by molar-refractivity contribution is -0.384. The van der Waals surface area contributed by atoms with Gasteiger partial charge in [-0.1, -0.05) is 24.6 Å². The highest BCUT2D eigenvalue weighted by Gasteiger charge is 2.20. The van der Waals surface area contributed by atoms with E-state index in [1.807, 2.05) is 36.1 Å². The smallest absolute Gasteiger partial charge is 0.288 e. The van der Waals surface area contributed by atoms with Crippen LogP contribution in [-0.2, 0) is 9.59 Å². The number of halogens is 1. The summed E-state index contributed by atoms with van der Waals surface area (Å²) in [7, 11) is 0. The SMILES string of the molecule is CCCC(=O)N1CCN(c2ccc(NC(=O)C=Cc3ccc(Cl)c([N+](=O)[O-])c3)cc2)CC1. The maximum Gasteiger partial charge on any atom is 0.288 e. The molecule has 1 aliphatic rings. The number of carbonyl (C=O) groups is 2. The molecule has 2 aromatic carbocycles. The van der Waals surface area contributed by atoms with Gasteiger partial charge in [0.15, 0.2) is 0 Å². The van der Waals surface area contributed by atoms with E-state index in [0.29, 0.717) is 30.8 Å². The number of benzene rings is 2. The average Bonchev–Trinajstić information content (AvgIpc) is 2.79. The number of nitrogens with one attached hydrogen (secondary N) is 1. The van der Waals surface area contributed by atoms with Gasteiger partial charge in [-0.3, -0.25) is 19.7 Å². The van der Waals surface area contributed by atoms with Crippen molar-refractivity contribution in [2.45, 2.75) is 19.8 Å². The van der Waals surface area contributed by atoms with E-state index in [1.165, 1.54) is 24.3 Å². The zero-order valence-electron chi connectivity index (χ0n) is 17.8. The van der Waals surface area contributed by atoms with E-state index in [0.717, 1.165) is 25.2 Å². The molecule has 2 aromatic rings.